The molecule has 3 heteroatoms. The molecule has 1 N–H and O–H groups in total. The maximum absolute atomic E-state index is 10.4. The summed E-state index contributed by atoms with van der Waals surface area (Å²) in [6.07, 6.45) is 5.59. The molecule has 1 aliphatic heterocycles. The second kappa shape index (κ2) is 3.79. The standard InChI is InChI=1S/C10H19NOS/c12-10(9-2-3-9)4-1-6-11(8-13)7-5-10/h9,12-13H,1-8H2. The van der Waals surface area contributed by atoms with E-state index in [9.17, 15) is 5.11 Å². The van der Waals surface area contributed by atoms with Crippen LogP contribution in [0, 0.1) is 5.92 Å². The smallest absolute Gasteiger partial charge is 0.0688 e. The number of thiol groups is 1. The van der Waals surface area contributed by atoms with Crippen LogP contribution in [0.2, 0.25) is 0 Å². The van der Waals surface area contributed by atoms with E-state index in [4.69, 9.17) is 0 Å². The van der Waals surface area contributed by atoms with Crippen LogP contribution in [0.1, 0.15) is 32.1 Å². The first-order valence-corrected chi connectivity index (χ1v) is 5.93. The zero-order valence-corrected chi connectivity index (χ0v) is 8.97. The SMILES string of the molecule is OC1(C2CC2)CCCN(CS)CC1. The Labute approximate surface area is 85.7 Å². The van der Waals surface area contributed by atoms with Crippen LogP contribution in [0.5, 0.6) is 0 Å². The summed E-state index contributed by atoms with van der Waals surface area (Å²) >= 11 is 4.28. The highest BCUT2D eigenvalue weighted by Gasteiger charge is 2.43. The molecule has 76 valence electrons. The van der Waals surface area contributed by atoms with Gasteiger partial charge in [-0.05, 0) is 44.6 Å². The third-order valence-electron chi connectivity index (χ3n) is 3.48. The monoisotopic (exact) mass is 201 g/mol. The molecular weight excluding hydrogens is 182 g/mol. The molecule has 1 heterocycles. The lowest BCUT2D eigenvalue weighted by Gasteiger charge is -2.26. The second-order valence-corrected chi connectivity index (χ2v) is 4.77. The number of nitrogens with zero attached hydrogens (tertiary/aromatic N) is 1. The first-order chi connectivity index (χ1) is 6.24. The summed E-state index contributed by atoms with van der Waals surface area (Å²) in [4.78, 5) is 2.32. The quantitative estimate of drug-likeness (QED) is 0.661. The van der Waals surface area contributed by atoms with E-state index in [-0.39, 0.29) is 5.60 Å². The normalized spacial score (nSPS) is 37.4. The van der Waals surface area contributed by atoms with Crippen LogP contribution in [0.3, 0.4) is 0 Å². The summed E-state index contributed by atoms with van der Waals surface area (Å²) in [5.41, 5.74) is -0.322. The molecule has 0 aromatic carbocycles. The largest absolute Gasteiger partial charge is 0.390 e. The maximum Gasteiger partial charge on any atom is 0.0688 e. The Hall–Kier alpha value is 0.270. The average molecular weight is 201 g/mol. The van der Waals surface area contributed by atoms with Crippen LogP contribution in [0.25, 0.3) is 0 Å². The highest BCUT2D eigenvalue weighted by atomic mass is 32.1. The van der Waals surface area contributed by atoms with Crippen LogP contribution in [-0.4, -0.2) is 34.6 Å². The predicted octanol–water partition coefficient (Wildman–Crippen LogP) is 1.50. The molecule has 0 aromatic rings. The van der Waals surface area contributed by atoms with E-state index in [1.807, 2.05) is 0 Å². The van der Waals surface area contributed by atoms with E-state index in [1.165, 1.54) is 12.8 Å². The van der Waals surface area contributed by atoms with Crippen LogP contribution >= 0.6 is 12.6 Å². The molecule has 1 saturated carbocycles. The van der Waals surface area contributed by atoms with Crippen molar-refractivity contribution in [2.75, 3.05) is 19.0 Å². The lowest BCUT2D eigenvalue weighted by atomic mass is 9.90. The van der Waals surface area contributed by atoms with Crippen LogP contribution < -0.4 is 0 Å². The van der Waals surface area contributed by atoms with Crippen molar-refractivity contribution in [1.82, 2.24) is 4.90 Å². The van der Waals surface area contributed by atoms with Crippen molar-refractivity contribution in [2.45, 2.75) is 37.7 Å². The first-order valence-electron chi connectivity index (χ1n) is 5.30. The summed E-state index contributed by atoms with van der Waals surface area (Å²) in [6, 6.07) is 0. The number of aliphatic hydroxyl groups is 1. The minimum atomic E-state index is -0.322. The van der Waals surface area contributed by atoms with E-state index in [2.05, 4.69) is 17.5 Å². The van der Waals surface area contributed by atoms with E-state index < -0.39 is 0 Å². The molecule has 1 saturated heterocycles. The van der Waals surface area contributed by atoms with Gasteiger partial charge in [0.1, 0.15) is 0 Å². The van der Waals surface area contributed by atoms with Gasteiger partial charge in [0.15, 0.2) is 0 Å². The van der Waals surface area contributed by atoms with Crippen molar-refractivity contribution in [3.63, 3.8) is 0 Å². The van der Waals surface area contributed by atoms with Crippen LogP contribution in [0.15, 0.2) is 0 Å². The van der Waals surface area contributed by atoms with Crippen LogP contribution in [0.4, 0.5) is 0 Å². The fourth-order valence-corrected chi connectivity index (χ4v) is 2.65. The van der Waals surface area contributed by atoms with Gasteiger partial charge in [0, 0.05) is 12.4 Å². The van der Waals surface area contributed by atoms with E-state index in [0.29, 0.717) is 5.92 Å². The Bertz CT molecular complexity index is 184. The molecule has 0 amide bonds. The van der Waals surface area contributed by atoms with Crippen molar-refractivity contribution < 1.29 is 5.11 Å². The van der Waals surface area contributed by atoms with Gasteiger partial charge in [-0.3, -0.25) is 4.90 Å². The second-order valence-electron chi connectivity index (χ2n) is 4.49. The molecule has 0 radical (unpaired) electrons. The number of rotatable bonds is 2. The molecule has 13 heavy (non-hydrogen) atoms. The summed E-state index contributed by atoms with van der Waals surface area (Å²) < 4.78 is 0. The highest BCUT2D eigenvalue weighted by molar-refractivity contribution is 7.80. The first kappa shape index (κ1) is 9.81. The van der Waals surface area contributed by atoms with Gasteiger partial charge in [0.05, 0.1) is 5.60 Å². The van der Waals surface area contributed by atoms with Gasteiger partial charge in [0.2, 0.25) is 0 Å². The third kappa shape index (κ3) is 2.20. The lowest BCUT2D eigenvalue weighted by Crippen LogP contribution is -2.33. The topological polar surface area (TPSA) is 23.5 Å². The Morgan fingerprint density at radius 1 is 1.31 bits per heavy atom. The summed E-state index contributed by atoms with van der Waals surface area (Å²) in [5, 5.41) is 10.4. The molecule has 2 aliphatic rings. The summed E-state index contributed by atoms with van der Waals surface area (Å²) in [5.74, 6) is 1.45. The minimum Gasteiger partial charge on any atom is -0.390 e. The summed E-state index contributed by atoms with van der Waals surface area (Å²) in [7, 11) is 0. The Balaban J connectivity index is 1.92. The third-order valence-corrected chi connectivity index (χ3v) is 3.88. The van der Waals surface area contributed by atoms with Gasteiger partial charge in [-0.1, -0.05) is 0 Å². The van der Waals surface area contributed by atoms with Gasteiger partial charge in [-0.15, -0.1) is 0 Å². The van der Waals surface area contributed by atoms with Crippen molar-refractivity contribution in [3.05, 3.63) is 0 Å². The van der Waals surface area contributed by atoms with E-state index in [0.717, 1.165) is 38.2 Å². The van der Waals surface area contributed by atoms with Crippen molar-refractivity contribution in [3.8, 4) is 0 Å². The predicted molar refractivity (Wildman–Crippen MR) is 57.0 cm³/mol. The Kier molecular flexibility index (Phi) is 2.86. The van der Waals surface area contributed by atoms with Gasteiger partial charge >= 0.3 is 0 Å². The lowest BCUT2D eigenvalue weighted by molar-refractivity contribution is 0.00381. The maximum atomic E-state index is 10.4. The van der Waals surface area contributed by atoms with Gasteiger partial charge in [-0.25, -0.2) is 0 Å². The molecule has 0 bridgehead atoms. The molecule has 2 nitrogen and oxygen atoms in total. The van der Waals surface area contributed by atoms with E-state index >= 15 is 0 Å². The molecule has 1 unspecified atom stereocenters. The fourth-order valence-electron chi connectivity index (χ4n) is 2.37. The van der Waals surface area contributed by atoms with Crippen LogP contribution in [-0.2, 0) is 0 Å². The minimum absolute atomic E-state index is 0.322. The molecule has 2 rings (SSSR count). The highest BCUT2D eigenvalue weighted by Crippen LogP contribution is 2.44. The van der Waals surface area contributed by atoms with Crippen molar-refractivity contribution in [2.24, 2.45) is 5.92 Å². The van der Waals surface area contributed by atoms with Gasteiger partial charge in [-0.2, -0.15) is 12.6 Å². The molecule has 2 fully saturated rings. The molecule has 0 spiro atoms. The number of likely N-dealkylation sites (tertiary alicyclic amines) is 1. The fraction of sp³-hybridized carbons (Fsp3) is 1.00. The van der Waals surface area contributed by atoms with Crippen molar-refractivity contribution in [1.29, 1.82) is 0 Å². The number of hydrogen-bond acceptors (Lipinski definition) is 3. The zero-order valence-electron chi connectivity index (χ0n) is 8.08. The van der Waals surface area contributed by atoms with Gasteiger partial charge < -0.3 is 5.11 Å². The van der Waals surface area contributed by atoms with Crippen molar-refractivity contribution >= 4 is 12.6 Å². The zero-order chi connectivity index (χ0) is 9.31. The van der Waals surface area contributed by atoms with E-state index in [1.54, 1.807) is 0 Å². The number of hydrogen-bond donors (Lipinski definition) is 2. The molecule has 0 aromatic heterocycles. The average Bonchev–Trinajstić information content (AvgIpc) is 2.90. The molecule has 1 aliphatic carbocycles. The molecule has 1 atom stereocenters. The Morgan fingerprint density at radius 3 is 2.69 bits per heavy atom. The Morgan fingerprint density at radius 2 is 2.08 bits per heavy atom. The van der Waals surface area contributed by atoms with Gasteiger partial charge in [0.25, 0.3) is 0 Å². The summed E-state index contributed by atoms with van der Waals surface area (Å²) in [6.45, 7) is 2.13. The molecular formula is C10H19NOS.